The minimum atomic E-state index is 0.0515. The van der Waals surface area contributed by atoms with Crippen LogP contribution in [0.3, 0.4) is 0 Å². The molecule has 0 aromatic heterocycles. The smallest absolute Gasteiger partial charge is 0.253 e. The van der Waals surface area contributed by atoms with E-state index >= 15 is 0 Å². The zero-order valence-corrected chi connectivity index (χ0v) is 18.9. The van der Waals surface area contributed by atoms with Crippen LogP contribution in [0, 0.1) is 0 Å². The molecule has 0 unspecified atom stereocenters. The lowest BCUT2D eigenvalue weighted by atomic mass is 9.91. The van der Waals surface area contributed by atoms with Crippen molar-refractivity contribution in [1.82, 2.24) is 9.80 Å². The third-order valence-electron chi connectivity index (χ3n) is 5.81. The molecule has 0 spiro atoms. The fourth-order valence-electron chi connectivity index (χ4n) is 3.99. The van der Waals surface area contributed by atoms with Crippen molar-refractivity contribution in [2.45, 2.75) is 63.5 Å². The second-order valence-electron chi connectivity index (χ2n) is 8.19. The van der Waals surface area contributed by atoms with Crippen molar-refractivity contribution in [3.8, 4) is 0 Å². The van der Waals surface area contributed by atoms with Crippen LogP contribution in [0.2, 0.25) is 5.02 Å². The van der Waals surface area contributed by atoms with Gasteiger partial charge in [0, 0.05) is 36.8 Å². The number of carbonyl (C=O) groups excluding carboxylic acids is 1. The number of hydrogen-bond donors (Lipinski definition) is 0. The first kappa shape index (κ1) is 23.9. The van der Waals surface area contributed by atoms with E-state index in [1.807, 2.05) is 30.2 Å². The van der Waals surface area contributed by atoms with Crippen LogP contribution in [-0.4, -0.2) is 61.6 Å². The Balaban J connectivity index is 1.58. The topological polar surface area (TPSA) is 32.8 Å². The molecule has 5 heteroatoms. The fraction of sp³-hybridized carbons (Fsp3) is 0.625. The van der Waals surface area contributed by atoms with E-state index in [9.17, 15) is 4.79 Å². The predicted molar refractivity (Wildman–Crippen MR) is 122 cm³/mol. The van der Waals surface area contributed by atoms with Crippen LogP contribution in [0.5, 0.6) is 0 Å². The van der Waals surface area contributed by atoms with Gasteiger partial charge < -0.3 is 14.5 Å². The molecular formula is C24H37ClN2O2. The number of rotatable bonds is 12. The molecule has 1 fully saturated rings. The molecule has 0 heterocycles. The fourth-order valence-corrected chi connectivity index (χ4v) is 4.18. The summed E-state index contributed by atoms with van der Waals surface area (Å²) in [7, 11) is 4.04. The Bertz CT molecular complexity index is 629. The minimum absolute atomic E-state index is 0.0515. The molecule has 1 aromatic carbocycles. The zero-order chi connectivity index (χ0) is 21.1. The Hall–Kier alpha value is -1.36. The van der Waals surface area contributed by atoms with Crippen LogP contribution < -0.4 is 0 Å². The van der Waals surface area contributed by atoms with Gasteiger partial charge in [-0.15, -0.1) is 6.58 Å². The van der Waals surface area contributed by atoms with Crippen molar-refractivity contribution >= 4 is 17.5 Å². The molecule has 0 atom stereocenters. The summed E-state index contributed by atoms with van der Waals surface area (Å²) in [5.74, 6) is 0.0515. The first-order valence-corrected chi connectivity index (χ1v) is 11.3. The zero-order valence-electron chi connectivity index (χ0n) is 18.1. The van der Waals surface area contributed by atoms with Gasteiger partial charge in [-0.25, -0.2) is 0 Å². The van der Waals surface area contributed by atoms with Gasteiger partial charge in [-0.1, -0.05) is 36.6 Å². The lowest BCUT2D eigenvalue weighted by molar-refractivity contribution is 0.00908. The molecule has 4 nitrogen and oxygen atoms in total. The molecule has 1 aliphatic carbocycles. The highest BCUT2D eigenvalue weighted by Gasteiger charge is 2.27. The summed E-state index contributed by atoms with van der Waals surface area (Å²) in [6.07, 6.45) is 11.2. The molecule has 1 saturated carbocycles. The van der Waals surface area contributed by atoms with Crippen LogP contribution in [0.15, 0.2) is 36.9 Å². The maximum absolute atomic E-state index is 12.7. The van der Waals surface area contributed by atoms with Gasteiger partial charge in [0.1, 0.15) is 0 Å². The molecule has 1 aromatic rings. The van der Waals surface area contributed by atoms with Crippen LogP contribution in [0.25, 0.3) is 0 Å². The SMILES string of the molecule is C=CCN(C)CCCCCCO[C@H]1CC[C@H](N(C)C(=O)c2cccc(Cl)c2)CC1. The number of benzene rings is 1. The van der Waals surface area contributed by atoms with Crippen LogP contribution in [0.1, 0.15) is 61.7 Å². The number of carbonyl (C=O) groups is 1. The van der Waals surface area contributed by atoms with E-state index in [0.717, 1.165) is 51.8 Å². The maximum atomic E-state index is 12.7. The summed E-state index contributed by atoms with van der Waals surface area (Å²) in [5, 5.41) is 0.602. The van der Waals surface area contributed by atoms with E-state index in [4.69, 9.17) is 16.3 Å². The van der Waals surface area contributed by atoms with E-state index in [2.05, 4.69) is 18.5 Å². The molecular weight excluding hydrogens is 384 g/mol. The molecule has 29 heavy (non-hydrogen) atoms. The maximum Gasteiger partial charge on any atom is 0.253 e. The first-order valence-electron chi connectivity index (χ1n) is 10.9. The van der Waals surface area contributed by atoms with Crippen molar-refractivity contribution in [2.24, 2.45) is 0 Å². The second kappa shape index (κ2) is 13.0. The molecule has 0 aliphatic heterocycles. The van der Waals surface area contributed by atoms with Gasteiger partial charge in [-0.05, 0) is 70.3 Å². The van der Waals surface area contributed by atoms with Gasteiger partial charge in [0.25, 0.3) is 5.91 Å². The number of nitrogens with zero attached hydrogens (tertiary/aromatic N) is 2. The summed E-state index contributed by atoms with van der Waals surface area (Å²) in [5.41, 5.74) is 0.661. The number of amides is 1. The van der Waals surface area contributed by atoms with E-state index < -0.39 is 0 Å². The largest absolute Gasteiger partial charge is 0.378 e. The molecule has 1 aliphatic rings. The van der Waals surface area contributed by atoms with Crippen molar-refractivity contribution in [2.75, 3.05) is 33.8 Å². The van der Waals surface area contributed by atoms with Crippen molar-refractivity contribution in [3.63, 3.8) is 0 Å². The Morgan fingerprint density at radius 1 is 1.17 bits per heavy atom. The third kappa shape index (κ3) is 8.49. The molecule has 2 rings (SSSR count). The van der Waals surface area contributed by atoms with Gasteiger partial charge in [0.05, 0.1) is 6.10 Å². The normalized spacial score (nSPS) is 19.3. The summed E-state index contributed by atoms with van der Waals surface area (Å²) in [6.45, 7) is 6.73. The van der Waals surface area contributed by atoms with Gasteiger partial charge >= 0.3 is 0 Å². The summed E-state index contributed by atoms with van der Waals surface area (Å²) in [6, 6.07) is 7.48. The van der Waals surface area contributed by atoms with E-state index in [0.29, 0.717) is 16.7 Å². The van der Waals surface area contributed by atoms with E-state index in [1.165, 1.54) is 19.3 Å². The van der Waals surface area contributed by atoms with E-state index in [-0.39, 0.29) is 11.9 Å². The van der Waals surface area contributed by atoms with Gasteiger partial charge in [0.2, 0.25) is 0 Å². The van der Waals surface area contributed by atoms with Crippen LogP contribution in [0.4, 0.5) is 0 Å². The van der Waals surface area contributed by atoms with Crippen molar-refractivity contribution in [3.05, 3.63) is 47.5 Å². The molecule has 0 bridgehead atoms. The monoisotopic (exact) mass is 420 g/mol. The lowest BCUT2D eigenvalue weighted by Gasteiger charge is -2.34. The Morgan fingerprint density at radius 2 is 1.90 bits per heavy atom. The Kier molecular flexibility index (Phi) is 10.8. The lowest BCUT2D eigenvalue weighted by Crippen LogP contribution is -2.40. The van der Waals surface area contributed by atoms with Crippen molar-refractivity contribution in [1.29, 1.82) is 0 Å². The van der Waals surface area contributed by atoms with Crippen LogP contribution >= 0.6 is 11.6 Å². The predicted octanol–water partition coefficient (Wildman–Crippen LogP) is 5.42. The van der Waals surface area contributed by atoms with Crippen molar-refractivity contribution < 1.29 is 9.53 Å². The molecule has 1 amide bonds. The summed E-state index contributed by atoms with van der Waals surface area (Å²) >= 11 is 6.02. The highest BCUT2D eigenvalue weighted by atomic mass is 35.5. The van der Waals surface area contributed by atoms with Gasteiger partial charge in [-0.3, -0.25) is 4.79 Å². The summed E-state index contributed by atoms with van der Waals surface area (Å²) < 4.78 is 6.09. The standard InChI is InChI=1S/C24H37ClN2O2/c1-4-16-26(2)17-7-5-6-8-18-29-23-14-12-22(13-15-23)27(3)24(28)20-10-9-11-21(25)19-20/h4,9-11,19,22-23H,1,5-8,12-18H2,2-3H3/t22-,23-. The Labute approximate surface area is 181 Å². The number of hydrogen-bond acceptors (Lipinski definition) is 3. The number of likely N-dealkylation sites (N-methyl/N-ethyl adjacent to an activating group) is 1. The van der Waals surface area contributed by atoms with E-state index in [1.54, 1.807) is 12.1 Å². The number of unbranched alkanes of at least 4 members (excludes halogenated alkanes) is 3. The average Bonchev–Trinajstić information content (AvgIpc) is 2.72. The summed E-state index contributed by atoms with van der Waals surface area (Å²) in [4.78, 5) is 16.9. The first-order chi connectivity index (χ1) is 14.0. The number of halogens is 1. The van der Waals surface area contributed by atoms with Gasteiger partial charge in [0.15, 0.2) is 0 Å². The highest BCUT2D eigenvalue weighted by molar-refractivity contribution is 6.30. The molecule has 0 radical (unpaired) electrons. The quantitative estimate of drug-likeness (QED) is 0.334. The number of ether oxygens (including phenoxy) is 1. The molecule has 0 saturated heterocycles. The van der Waals surface area contributed by atoms with Crippen LogP contribution in [-0.2, 0) is 4.74 Å². The average molecular weight is 421 g/mol. The van der Waals surface area contributed by atoms with Gasteiger partial charge in [-0.2, -0.15) is 0 Å². The Morgan fingerprint density at radius 3 is 2.59 bits per heavy atom. The molecule has 0 N–H and O–H groups in total. The molecule has 162 valence electrons. The third-order valence-corrected chi connectivity index (χ3v) is 6.05. The second-order valence-corrected chi connectivity index (χ2v) is 8.63. The minimum Gasteiger partial charge on any atom is -0.378 e. The highest BCUT2D eigenvalue weighted by Crippen LogP contribution is 2.26.